The molecule has 1 saturated heterocycles. The molecule has 0 aliphatic carbocycles. The number of alkyl halides is 2. The van der Waals surface area contributed by atoms with Gasteiger partial charge in [-0.15, -0.1) is 0 Å². The molecule has 2 aromatic carbocycles. The predicted octanol–water partition coefficient (Wildman–Crippen LogP) is 5.58. The van der Waals surface area contributed by atoms with E-state index in [1.165, 1.54) is 58.4 Å². The molecule has 1 N–H and O–H groups in total. The van der Waals surface area contributed by atoms with Gasteiger partial charge in [-0.1, -0.05) is 0 Å². The second-order valence-electron chi connectivity index (χ2n) is 9.64. The number of hydrogen-bond donors (Lipinski definition) is 1. The zero-order valence-corrected chi connectivity index (χ0v) is 25.4. The van der Waals surface area contributed by atoms with Crippen molar-refractivity contribution >= 4 is 11.6 Å². The molecule has 4 aromatic rings. The zero-order chi connectivity index (χ0) is 33.4. The standard InChI is InChI=1S/C27H24F4N4O6.C4H8O/c1-5-40-21-13-17(39-4)12-20(32-21)35-26(37)23(33-25(36)14-6-8-15(9-7-14)41-27(30)31)24(34(35)2)22-18(28)10-16(38-3)11-19(22)29;1-2-4-5-3-1/h6-13,27H,5H2,1-4H3,(H,33,36);1-4H2. The normalized spacial score (nSPS) is 12.4. The summed E-state index contributed by atoms with van der Waals surface area (Å²) in [5, 5.41) is 2.40. The minimum absolute atomic E-state index is 0.0372. The van der Waals surface area contributed by atoms with E-state index in [0.717, 1.165) is 46.8 Å². The lowest BCUT2D eigenvalue weighted by atomic mass is 10.1. The van der Waals surface area contributed by atoms with Crippen molar-refractivity contribution in [2.45, 2.75) is 26.4 Å². The first-order valence-electron chi connectivity index (χ1n) is 14.1. The van der Waals surface area contributed by atoms with E-state index in [1.807, 2.05) is 0 Å². The first-order valence-corrected chi connectivity index (χ1v) is 14.1. The Balaban J connectivity index is 0.000000874. The van der Waals surface area contributed by atoms with Crippen molar-refractivity contribution in [1.29, 1.82) is 0 Å². The SMILES string of the molecule is C1CCOC1.CCOc1cc(OC)cc(-n2c(=O)c(NC(=O)c3ccc(OC(F)F)cc3)c(-c3c(F)cc(OC)cc3F)n2C)n1. The van der Waals surface area contributed by atoms with Crippen LogP contribution in [0.25, 0.3) is 17.1 Å². The summed E-state index contributed by atoms with van der Waals surface area (Å²) in [5.41, 5.74) is -2.40. The highest BCUT2D eigenvalue weighted by molar-refractivity contribution is 6.06. The molecular formula is C31H32F4N4O7. The van der Waals surface area contributed by atoms with Crippen LogP contribution in [0.15, 0.2) is 53.3 Å². The molecule has 246 valence electrons. The number of ether oxygens (including phenoxy) is 5. The highest BCUT2D eigenvalue weighted by atomic mass is 19.3. The molecule has 5 rings (SSSR count). The molecule has 1 aliphatic heterocycles. The number of methoxy groups -OCH3 is 2. The summed E-state index contributed by atoms with van der Waals surface area (Å²) < 4.78 is 82.5. The van der Waals surface area contributed by atoms with Gasteiger partial charge in [-0.2, -0.15) is 18.4 Å². The number of pyridine rings is 1. The molecule has 1 amide bonds. The van der Waals surface area contributed by atoms with Crippen LogP contribution in [0.3, 0.4) is 0 Å². The highest BCUT2D eigenvalue weighted by Gasteiger charge is 2.28. The quantitative estimate of drug-likeness (QED) is 0.222. The molecule has 2 aromatic heterocycles. The Morgan fingerprint density at radius 2 is 1.59 bits per heavy atom. The van der Waals surface area contributed by atoms with Gasteiger partial charge in [0.1, 0.15) is 40.3 Å². The first-order chi connectivity index (χ1) is 22.1. The average Bonchev–Trinajstić information content (AvgIpc) is 3.68. The summed E-state index contributed by atoms with van der Waals surface area (Å²) in [6, 6.07) is 9.33. The van der Waals surface area contributed by atoms with Gasteiger partial charge in [0.05, 0.1) is 26.4 Å². The van der Waals surface area contributed by atoms with E-state index < -0.39 is 41.0 Å². The molecular weight excluding hydrogens is 616 g/mol. The van der Waals surface area contributed by atoms with Gasteiger partial charge >= 0.3 is 6.61 Å². The molecule has 46 heavy (non-hydrogen) atoms. The fourth-order valence-corrected chi connectivity index (χ4v) is 4.56. The van der Waals surface area contributed by atoms with Crippen LogP contribution in [0, 0.1) is 11.6 Å². The van der Waals surface area contributed by atoms with Crippen molar-refractivity contribution in [3.63, 3.8) is 0 Å². The molecule has 0 atom stereocenters. The first kappa shape index (κ1) is 33.8. The summed E-state index contributed by atoms with van der Waals surface area (Å²) in [5.74, 6) is -2.99. The Morgan fingerprint density at radius 3 is 2.11 bits per heavy atom. The summed E-state index contributed by atoms with van der Waals surface area (Å²) in [6.45, 7) is 0.906. The number of hydrogen-bond acceptors (Lipinski definition) is 8. The summed E-state index contributed by atoms with van der Waals surface area (Å²) in [4.78, 5) is 31.2. The second kappa shape index (κ2) is 15.3. The lowest BCUT2D eigenvalue weighted by Gasteiger charge is -2.14. The number of rotatable bonds is 10. The van der Waals surface area contributed by atoms with Crippen LogP contribution in [-0.4, -0.2) is 60.9 Å². The highest BCUT2D eigenvalue weighted by Crippen LogP contribution is 2.34. The van der Waals surface area contributed by atoms with Crippen molar-refractivity contribution in [1.82, 2.24) is 14.3 Å². The lowest BCUT2D eigenvalue weighted by Crippen LogP contribution is -2.24. The van der Waals surface area contributed by atoms with Gasteiger partial charge in [-0.25, -0.2) is 8.78 Å². The van der Waals surface area contributed by atoms with Gasteiger partial charge in [0, 0.05) is 50.1 Å². The Hall–Kier alpha value is -5.05. The van der Waals surface area contributed by atoms with Gasteiger partial charge in [0.25, 0.3) is 11.5 Å². The van der Waals surface area contributed by atoms with E-state index in [-0.39, 0.29) is 46.8 Å². The molecule has 1 aliphatic rings. The second-order valence-corrected chi connectivity index (χ2v) is 9.64. The molecule has 0 spiro atoms. The molecule has 3 heterocycles. The van der Waals surface area contributed by atoms with Gasteiger partial charge in [-0.05, 0) is 44.0 Å². The van der Waals surface area contributed by atoms with Crippen molar-refractivity contribution in [2.75, 3.05) is 39.4 Å². The van der Waals surface area contributed by atoms with Crippen molar-refractivity contribution in [3.8, 4) is 40.2 Å². The van der Waals surface area contributed by atoms with Crippen LogP contribution >= 0.6 is 0 Å². The topological polar surface area (TPSA) is 115 Å². The van der Waals surface area contributed by atoms with Crippen LogP contribution in [-0.2, 0) is 11.8 Å². The number of carbonyl (C=O) groups is 1. The Morgan fingerprint density at radius 1 is 0.978 bits per heavy atom. The average molecular weight is 649 g/mol. The molecule has 1 fully saturated rings. The minimum atomic E-state index is -3.07. The smallest absolute Gasteiger partial charge is 0.387 e. The third-order valence-electron chi connectivity index (χ3n) is 6.67. The number of anilines is 1. The minimum Gasteiger partial charge on any atom is -0.497 e. The van der Waals surface area contributed by atoms with Crippen molar-refractivity contribution in [2.24, 2.45) is 7.05 Å². The Labute approximate surface area is 261 Å². The van der Waals surface area contributed by atoms with Gasteiger partial charge in [0.2, 0.25) is 5.88 Å². The fraction of sp³-hybridized carbons (Fsp3) is 0.323. The Bertz CT molecular complexity index is 1690. The Kier molecular flexibility index (Phi) is 11.2. The molecule has 11 nitrogen and oxygen atoms in total. The third-order valence-corrected chi connectivity index (χ3v) is 6.67. The molecule has 0 saturated carbocycles. The van der Waals surface area contributed by atoms with Crippen molar-refractivity contribution in [3.05, 3.63) is 76.1 Å². The van der Waals surface area contributed by atoms with Gasteiger partial charge in [-0.3, -0.25) is 14.3 Å². The lowest BCUT2D eigenvalue weighted by molar-refractivity contribution is -0.0498. The van der Waals surface area contributed by atoms with E-state index in [2.05, 4.69) is 15.0 Å². The number of nitrogens with zero attached hydrogens (tertiary/aromatic N) is 3. The number of aromatic nitrogens is 3. The van der Waals surface area contributed by atoms with E-state index in [1.54, 1.807) is 6.92 Å². The summed E-state index contributed by atoms with van der Waals surface area (Å²) in [7, 11) is 3.96. The predicted molar refractivity (Wildman–Crippen MR) is 160 cm³/mol. The van der Waals surface area contributed by atoms with Crippen LogP contribution in [0.1, 0.15) is 30.1 Å². The van der Waals surface area contributed by atoms with Crippen LogP contribution in [0.4, 0.5) is 23.2 Å². The molecule has 15 heteroatoms. The maximum absolute atomic E-state index is 15.3. The number of benzene rings is 2. The number of amides is 1. The monoisotopic (exact) mass is 648 g/mol. The number of halogens is 4. The molecule has 0 bridgehead atoms. The maximum atomic E-state index is 15.3. The fourth-order valence-electron chi connectivity index (χ4n) is 4.56. The largest absolute Gasteiger partial charge is 0.497 e. The van der Waals surface area contributed by atoms with E-state index in [0.29, 0.717) is 0 Å². The summed E-state index contributed by atoms with van der Waals surface area (Å²) >= 11 is 0. The summed E-state index contributed by atoms with van der Waals surface area (Å²) in [6.07, 6.45) is 2.56. The third kappa shape index (κ3) is 7.77. The number of carbonyl (C=O) groups excluding carboxylic acids is 1. The van der Waals surface area contributed by atoms with Crippen molar-refractivity contribution < 1.29 is 46.0 Å². The zero-order valence-electron chi connectivity index (χ0n) is 25.4. The van der Waals surface area contributed by atoms with Gasteiger partial charge in [0.15, 0.2) is 5.82 Å². The molecule has 0 radical (unpaired) electrons. The van der Waals surface area contributed by atoms with Crippen LogP contribution in [0.5, 0.6) is 23.1 Å². The van der Waals surface area contributed by atoms with Crippen LogP contribution < -0.4 is 29.8 Å². The maximum Gasteiger partial charge on any atom is 0.387 e. The number of nitrogens with one attached hydrogen (secondary N) is 1. The van der Waals surface area contributed by atoms with E-state index in [4.69, 9.17) is 18.9 Å². The van der Waals surface area contributed by atoms with Gasteiger partial charge < -0.3 is 29.0 Å². The molecule has 0 unspecified atom stereocenters. The van der Waals surface area contributed by atoms with E-state index in [9.17, 15) is 18.4 Å². The van der Waals surface area contributed by atoms with E-state index >= 15 is 8.78 Å². The van der Waals surface area contributed by atoms with Crippen LogP contribution in [0.2, 0.25) is 0 Å².